The fourth-order valence-electron chi connectivity index (χ4n) is 1.35. The van der Waals surface area contributed by atoms with E-state index in [1.807, 2.05) is 0 Å². The lowest BCUT2D eigenvalue weighted by Crippen LogP contribution is -2.11. The number of aliphatic hydroxyl groups excluding tert-OH is 1. The molecular formula is C9H10N2O2S. The summed E-state index contributed by atoms with van der Waals surface area (Å²) in [5.41, 5.74) is 8.26. The first-order valence-corrected chi connectivity index (χ1v) is 5.05. The van der Waals surface area contributed by atoms with Crippen LogP contribution in [0.4, 0.5) is 0 Å². The number of benzene rings is 1. The molecule has 1 aromatic carbocycles. The molecule has 0 aliphatic carbocycles. The minimum atomic E-state index is -0.696. The van der Waals surface area contributed by atoms with E-state index in [1.54, 1.807) is 11.6 Å². The quantitative estimate of drug-likeness (QED) is 0.690. The predicted octanol–water partition coefficient (Wildman–Crippen LogP) is 0.994. The lowest BCUT2D eigenvalue weighted by Gasteiger charge is -2.08. The zero-order valence-electron chi connectivity index (χ0n) is 7.34. The molecule has 0 aliphatic rings. The number of nitrogens with two attached hydrogens (primary N) is 1. The number of hydrogen-bond acceptors (Lipinski definition) is 5. The summed E-state index contributed by atoms with van der Waals surface area (Å²) in [5.74, 6) is 0.134. The molecule has 0 bridgehead atoms. The van der Waals surface area contributed by atoms with Gasteiger partial charge in [0, 0.05) is 12.1 Å². The highest BCUT2D eigenvalue weighted by Crippen LogP contribution is 2.32. The average Bonchev–Trinajstić information content (AvgIpc) is 2.67. The summed E-state index contributed by atoms with van der Waals surface area (Å²) >= 11 is 1.39. The SMILES string of the molecule is NC[C@H](O)c1ccc(O)c2ncsc12. The fraction of sp³-hybridized carbons (Fsp3) is 0.222. The lowest BCUT2D eigenvalue weighted by molar-refractivity contribution is 0.188. The third-order valence-corrected chi connectivity index (χ3v) is 2.95. The van der Waals surface area contributed by atoms with Gasteiger partial charge < -0.3 is 15.9 Å². The van der Waals surface area contributed by atoms with Crippen LogP contribution >= 0.6 is 11.3 Å². The number of nitrogens with zero attached hydrogens (tertiary/aromatic N) is 1. The Balaban J connectivity index is 2.66. The Morgan fingerprint density at radius 2 is 2.29 bits per heavy atom. The molecule has 0 unspecified atom stereocenters. The van der Waals surface area contributed by atoms with Crippen LogP contribution in [0.3, 0.4) is 0 Å². The van der Waals surface area contributed by atoms with E-state index in [2.05, 4.69) is 4.98 Å². The van der Waals surface area contributed by atoms with E-state index in [9.17, 15) is 10.2 Å². The highest BCUT2D eigenvalue weighted by molar-refractivity contribution is 7.17. The molecule has 74 valence electrons. The van der Waals surface area contributed by atoms with Gasteiger partial charge in [-0.05, 0) is 6.07 Å². The molecule has 1 heterocycles. The van der Waals surface area contributed by atoms with Crippen molar-refractivity contribution in [3.05, 3.63) is 23.2 Å². The maximum Gasteiger partial charge on any atom is 0.142 e. The molecule has 0 fully saturated rings. The first-order valence-electron chi connectivity index (χ1n) is 4.17. The van der Waals surface area contributed by atoms with Crippen molar-refractivity contribution in [1.29, 1.82) is 0 Å². The van der Waals surface area contributed by atoms with E-state index in [1.165, 1.54) is 17.4 Å². The number of aliphatic hydroxyl groups is 1. The average molecular weight is 210 g/mol. The molecule has 4 N–H and O–H groups in total. The van der Waals surface area contributed by atoms with Crippen LogP contribution in [-0.2, 0) is 0 Å². The van der Waals surface area contributed by atoms with Gasteiger partial charge in [-0.1, -0.05) is 6.07 Å². The number of aromatic nitrogens is 1. The molecule has 4 nitrogen and oxygen atoms in total. The third kappa shape index (κ3) is 1.35. The monoisotopic (exact) mass is 210 g/mol. The van der Waals surface area contributed by atoms with Crippen LogP contribution in [0.25, 0.3) is 10.2 Å². The van der Waals surface area contributed by atoms with Gasteiger partial charge in [0.2, 0.25) is 0 Å². The molecule has 1 aromatic heterocycles. The van der Waals surface area contributed by atoms with Gasteiger partial charge in [0.15, 0.2) is 0 Å². The second-order valence-electron chi connectivity index (χ2n) is 2.96. The summed E-state index contributed by atoms with van der Waals surface area (Å²) < 4.78 is 0.794. The van der Waals surface area contributed by atoms with Crippen molar-refractivity contribution in [2.45, 2.75) is 6.10 Å². The van der Waals surface area contributed by atoms with Crippen LogP contribution in [0.15, 0.2) is 17.6 Å². The smallest absolute Gasteiger partial charge is 0.142 e. The standard InChI is InChI=1S/C9H10N2O2S/c10-3-7(13)5-1-2-6(12)8-9(5)14-4-11-8/h1-2,4,7,12-13H,3,10H2/t7-/m0/s1. The molecule has 0 saturated carbocycles. The minimum Gasteiger partial charge on any atom is -0.506 e. The Hall–Kier alpha value is -1.17. The molecule has 2 aromatic rings. The van der Waals surface area contributed by atoms with E-state index < -0.39 is 6.10 Å². The summed E-state index contributed by atoms with van der Waals surface area (Å²) in [7, 11) is 0. The van der Waals surface area contributed by atoms with Crippen LogP contribution in [-0.4, -0.2) is 21.7 Å². The predicted molar refractivity (Wildman–Crippen MR) is 55.3 cm³/mol. The number of rotatable bonds is 2. The minimum absolute atomic E-state index is 0.134. The molecule has 14 heavy (non-hydrogen) atoms. The largest absolute Gasteiger partial charge is 0.506 e. The van der Waals surface area contributed by atoms with E-state index in [0.29, 0.717) is 5.52 Å². The van der Waals surface area contributed by atoms with Crippen LogP contribution in [0.2, 0.25) is 0 Å². The number of phenolic OH excluding ortho intramolecular Hbond substituents is 1. The van der Waals surface area contributed by atoms with Gasteiger partial charge in [-0.25, -0.2) is 4.98 Å². The van der Waals surface area contributed by atoms with Crippen molar-refractivity contribution >= 4 is 21.6 Å². The van der Waals surface area contributed by atoms with Crippen molar-refractivity contribution in [2.24, 2.45) is 5.73 Å². The summed E-state index contributed by atoms with van der Waals surface area (Å²) in [4.78, 5) is 4.01. The van der Waals surface area contributed by atoms with Crippen LogP contribution in [0, 0.1) is 0 Å². The third-order valence-electron chi connectivity index (χ3n) is 2.08. The summed E-state index contributed by atoms with van der Waals surface area (Å²) in [6.07, 6.45) is -0.696. The van der Waals surface area contributed by atoms with Crippen LogP contribution in [0.1, 0.15) is 11.7 Å². The van der Waals surface area contributed by atoms with Gasteiger partial charge in [0.25, 0.3) is 0 Å². The van der Waals surface area contributed by atoms with Crippen molar-refractivity contribution in [2.75, 3.05) is 6.54 Å². The maximum absolute atomic E-state index is 9.61. The summed E-state index contributed by atoms with van der Waals surface area (Å²) in [6.45, 7) is 0.164. The highest BCUT2D eigenvalue weighted by atomic mass is 32.1. The van der Waals surface area contributed by atoms with Crippen molar-refractivity contribution in [3.8, 4) is 5.75 Å². The van der Waals surface area contributed by atoms with E-state index >= 15 is 0 Å². The molecule has 0 aliphatic heterocycles. The normalized spacial score (nSPS) is 13.3. The molecular weight excluding hydrogens is 200 g/mol. The molecule has 1 atom stereocenters. The zero-order valence-corrected chi connectivity index (χ0v) is 8.16. The Morgan fingerprint density at radius 3 is 3.00 bits per heavy atom. The fourth-order valence-corrected chi connectivity index (χ4v) is 2.22. The highest BCUT2D eigenvalue weighted by Gasteiger charge is 2.13. The summed E-state index contributed by atoms with van der Waals surface area (Å²) in [6, 6.07) is 3.20. The van der Waals surface area contributed by atoms with Crippen molar-refractivity contribution in [3.63, 3.8) is 0 Å². The number of thiazole rings is 1. The van der Waals surface area contributed by atoms with Gasteiger partial charge in [0.1, 0.15) is 11.3 Å². The first kappa shape index (κ1) is 9.39. The van der Waals surface area contributed by atoms with Gasteiger partial charge in [0.05, 0.1) is 16.3 Å². The van der Waals surface area contributed by atoms with E-state index in [0.717, 1.165) is 10.3 Å². The van der Waals surface area contributed by atoms with E-state index in [-0.39, 0.29) is 12.3 Å². The molecule has 5 heteroatoms. The maximum atomic E-state index is 9.61. The van der Waals surface area contributed by atoms with Crippen LogP contribution < -0.4 is 5.73 Å². The number of fused-ring (bicyclic) bond motifs is 1. The van der Waals surface area contributed by atoms with Gasteiger partial charge in [-0.15, -0.1) is 11.3 Å². The molecule has 0 radical (unpaired) electrons. The van der Waals surface area contributed by atoms with Crippen molar-refractivity contribution in [1.82, 2.24) is 4.98 Å². The Kier molecular flexibility index (Phi) is 2.37. The number of phenols is 1. The van der Waals surface area contributed by atoms with E-state index in [4.69, 9.17) is 5.73 Å². The molecule has 2 rings (SSSR count). The number of aromatic hydroxyl groups is 1. The Labute approximate surface area is 84.6 Å². The molecule has 0 spiro atoms. The number of hydrogen-bond donors (Lipinski definition) is 3. The van der Waals surface area contributed by atoms with Crippen LogP contribution in [0.5, 0.6) is 5.75 Å². The van der Waals surface area contributed by atoms with Gasteiger partial charge >= 0.3 is 0 Å². The second kappa shape index (κ2) is 3.53. The van der Waals surface area contributed by atoms with Gasteiger partial charge in [-0.2, -0.15) is 0 Å². The first-order chi connectivity index (χ1) is 6.74. The van der Waals surface area contributed by atoms with Crippen molar-refractivity contribution < 1.29 is 10.2 Å². The topological polar surface area (TPSA) is 79.4 Å². The Morgan fingerprint density at radius 1 is 1.50 bits per heavy atom. The Bertz CT molecular complexity index is 455. The lowest BCUT2D eigenvalue weighted by atomic mass is 10.1. The van der Waals surface area contributed by atoms with Gasteiger partial charge in [-0.3, -0.25) is 0 Å². The molecule has 0 amide bonds. The summed E-state index contributed by atoms with van der Waals surface area (Å²) in [5, 5.41) is 19.1. The zero-order chi connectivity index (χ0) is 10.1. The second-order valence-corrected chi connectivity index (χ2v) is 3.81. The molecule has 0 saturated heterocycles.